The fourth-order valence-electron chi connectivity index (χ4n) is 1.13. The van der Waals surface area contributed by atoms with Crippen LogP contribution in [0.4, 0.5) is 0 Å². The molecule has 0 radical (unpaired) electrons. The van der Waals surface area contributed by atoms with Crippen LogP contribution in [-0.2, 0) is 15.3 Å². The molecule has 0 aliphatic heterocycles. The third kappa shape index (κ3) is 5.07. The average molecular weight is 240 g/mol. The molecule has 1 rings (SSSR count). The molecule has 16 heavy (non-hydrogen) atoms. The van der Waals surface area contributed by atoms with Gasteiger partial charge in [-0.3, -0.25) is 4.79 Å². The van der Waals surface area contributed by atoms with Crippen molar-refractivity contribution >= 4 is 17.7 Å². The monoisotopic (exact) mass is 240 g/mol. The summed E-state index contributed by atoms with van der Waals surface area (Å²) in [5.74, 6) is 2.47. The summed E-state index contributed by atoms with van der Waals surface area (Å²) in [4.78, 5) is 11.0. The van der Waals surface area contributed by atoms with Gasteiger partial charge >= 0.3 is 5.97 Å². The number of hydrogen-bond donors (Lipinski definition) is 0. The van der Waals surface area contributed by atoms with Crippen LogP contribution in [-0.4, -0.2) is 12.6 Å². The summed E-state index contributed by atoms with van der Waals surface area (Å²) < 4.78 is 10.2. The number of carbonyl (C=O) groups excluding carboxylic acids is 1. The van der Waals surface area contributed by atoms with E-state index in [1.165, 1.54) is 0 Å². The first-order valence-electron chi connectivity index (χ1n) is 5.20. The molecule has 0 atom stereocenters. The standard InChI is InChI=1S/C12H16O3S/c1-3-14-12(13)5-4-8-16-9-11-7-6-10(2)15-11/h4,6-8H,3,5,9H2,1-2H3/b8-4+. The van der Waals surface area contributed by atoms with E-state index in [-0.39, 0.29) is 5.97 Å². The van der Waals surface area contributed by atoms with Gasteiger partial charge in [-0.15, -0.1) is 11.8 Å². The van der Waals surface area contributed by atoms with Gasteiger partial charge in [0.25, 0.3) is 0 Å². The molecule has 0 amide bonds. The van der Waals surface area contributed by atoms with Gasteiger partial charge in [-0.2, -0.15) is 0 Å². The smallest absolute Gasteiger partial charge is 0.309 e. The van der Waals surface area contributed by atoms with Crippen molar-refractivity contribution in [3.8, 4) is 0 Å². The van der Waals surface area contributed by atoms with Crippen LogP contribution in [0.5, 0.6) is 0 Å². The molecule has 4 heteroatoms. The molecule has 0 spiro atoms. The first-order chi connectivity index (χ1) is 7.72. The van der Waals surface area contributed by atoms with E-state index in [1.807, 2.05) is 24.5 Å². The summed E-state index contributed by atoms with van der Waals surface area (Å²) in [5.41, 5.74) is 0. The number of aryl methyl sites for hydroxylation is 1. The molecule has 1 aromatic heterocycles. The predicted octanol–water partition coefficient (Wildman–Crippen LogP) is 3.29. The Bertz CT molecular complexity index is 355. The van der Waals surface area contributed by atoms with E-state index >= 15 is 0 Å². The first kappa shape index (κ1) is 12.9. The summed E-state index contributed by atoms with van der Waals surface area (Å²) in [7, 11) is 0. The Morgan fingerprint density at radius 2 is 2.38 bits per heavy atom. The minimum absolute atomic E-state index is 0.187. The maximum absolute atomic E-state index is 11.0. The van der Waals surface area contributed by atoms with Gasteiger partial charge < -0.3 is 9.15 Å². The van der Waals surface area contributed by atoms with Crippen molar-refractivity contribution in [1.82, 2.24) is 0 Å². The van der Waals surface area contributed by atoms with Crippen LogP contribution in [0.1, 0.15) is 24.9 Å². The Morgan fingerprint density at radius 3 is 3.00 bits per heavy atom. The van der Waals surface area contributed by atoms with Gasteiger partial charge in [0.05, 0.1) is 18.8 Å². The molecule has 0 N–H and O–H groups in total. The lowest BCUT2D eigenvalue weighted by Crippen LogP contribution is -2.01. The lowest BCUT2D eigenvalue weighted by molar-refractivity contribution is -0.142. The van der Waals surface area contributed by atoms with E-state index in [0.29, 0.717) is 13.0 Å². The number of ether oxygens (including phenoxy) is 1. The molecule has 0 aliphatic carbocycles. The van der Waals surface area contributed by atoms with Crippen LogP contribution < -0.4 is 0 Å². The maximum Gasteiger partial charge on any atom is 0.309 e. The molecule has 1 aromatic rings. The van der Waals surface area contributed by atoms with Crippen molar-refractivity contribution in [2.75, 3.05) is 6.61 Å². The molecule has 0 fully saturated rings. The number of esters is 1. The Kier molecular flexibility index (Phi) is 5.78. The molecule has 0 bridgehead atoms. The van der Waals surface area contributed by atoms with Gasteiger partial charge in [0.1, 0.15) is 11.5 Å². The number of rotatable bonds is 6. The lowest BCUT2D eigenvalue weighted by Gasteiger charge is -1.96. The van der Waals surface area contributed by atoms with E-state index in [2.05, 4.69) is 0 Å². The zero-order chi connectivity index (χ0) is 11.8. The van der Waals surface area contributed by atoms with Crippen LogP contribution in [0, 0.1) is 6.92 Å². The maximum atomic E-state index is 11.0. The molecule has 88 valence electrons. The summed E-state index contributed by atoms with van der Waals surface area (Å²) in [6.07, 6.45) is 2.14. The van der Waals surface area contributed by atoms with Crippen LogP contribution in [0.25, 0.3) is 0 Å². The minimum atomic E-state index is -0.187. The molecule has 0 unspecified atom stereocenters. The molecule has 0 aromatic carbocycles. The fourth-order valence-corrected chi connectivity index (χ4v) is 1.77. The average Bonchev–Trinajstić information content (AvgIpc) is 2.64. The van der Waals surface area contributed by atoms with Crippen molar-refractivity contribution < 1.29 is 13.9 Å². The van der Waals surface area contributed by atoms with Gasteiger partial charge in [0.2, 0.25) is 0 Å². The summed E-state index contributed by atoms with van der Waals surface area (Å²) >= 11 is 1.60. The fraction of sp³-hybridized carbons (Fsp3) is 0.417. The molecule has 0 aliphatic rings. The number of carbonyl (C=O) groups is 1. The second-order valence-corrected chi connectivity index (χ2v) is 4.10. The quantitative estimate of drug-likeness (QED) is 0.715. The zero-order valence-electron chi connectivity index (χ0n) is 9.56. The molecule has 3 nitrogen and oxygen atoms in total. The number of hydrogen-bond acceptors (Lipinski definition) is 4. The van der Waals surface area contributed by atoms with Gasteiger partial charge in [0.15, 0.2) is 0 Å². The zero-order valence-corrected chi connectivity index (χ0v) is 10.4. The second-order valence-electron chi connectivity index (χ2n) is 3.20. The largest absolute Gasteiger partial charge is 0.466 e. The van der Waals surface area contributed by atoms with Crippen LogP contribution in [0.2, 0.25) is 0 Å². The molecule has 1 heterocycles. The topological polar surface area (TPSA) is 39.4 Å². The van der Waals surface area contributed by atoms with E-state index in [9.17, 15) is 4.79 Å². The van der Waals surface area contributed by atoms with Crippen LogP contribution in [0.15, 0.2) is 28.0 Å². The minimum Gasteiger partial charge on any atom is -0.466 e. The van der Waals surface area contributed by atoms with E-state index < -0.39 is 0 Å². The number of furan rings is 1. The van der Waals surface area contributed by atoms with E-state index in [0.717, 1.165) is 17.3 Å². The Hall–Kier alpha value is -1.16. The van der Waals surface area contributed by atoms with Gasteiger partial charge in [-0.05, 0) is 31.4 Å². The molecular weight excluding hydrogens is 224 g/mol. The van der Waals surface area contributed by atoms with Gasteiger partial charge in [-0.1, -0.05) is 6.08 Å². The summed E-state index contributed by atoms with van der Waals surface area (Å²) in [6.45, 7) is 4.16. The highest BCUT2D eigenvalue weighted by Gasteiger charge is 1.98. The predicted molar refractivity (Wildman–Crippen MR) is 65.1 cm³/mol. The van der Waals surface area contributed by atoms with Crippen molar-refractivity contribution in [3.05, 3.63) is 35.1 Å². The van der Waals surface area contributed by atoms with Crippen LogP contribution >= 0.6 is 11.8 Å². The molecular formula is C12H16O3S. The Morgan fingerprint density at radius 1 is 1.56 bits per heavy atom. The van der Waals surface area contributed by atoms with E-state index in [1.54, 1.807) is 24.8 Å². The third-order valence-corrected chi connectivity index (χ3v) is 2.64. The van der Waals surface area contributed by atoms with Crippen molar-refractivity contribution in [1.29, 1.82) is 0 Å². The highest BCUT2D eigenvalue weighted by molar-refractivity contribution is 8.01. The molecule has 0 saturated carbocycles. The molecule has 0 saturated heterocycles. The van der Waals surface area contributed by atoms with Gasteiger partial charge in [0, 0.05) is 0 Å². The Labute approximate surface area is 99.9 Å². The van der Waals surface area contributed by atoms with Crippen molar-refractivity contribution in [3.63, 3.8) is 0 Å². The summed E-state index contributed by atoms with van der Waals surface area (Å²) in [5, 5.41) is 1.90. The van der Waals surface area contributed by atoms with E-state index in [4.69, 9.17) is 9.15 Å². The normalized spacial score (nSPS) is 10.9. The van der Waals surface area contributed by atoms with Crippen LogP contribution in [0.3, 0.4) is 0 Å². The van der Waals surface area contributed by atoms with Gasteiger partial charge in [-0.25, -0.2) is 0 Å². The SMILES string of the molecule is CCOC(=O)C/C=C/SCc1ccc(C)o1. The summed E-state index contributed by atoms with van der Waals surface area (Å²) in [6, 6.07) is 3.90. The lowest BCUT2D eigenvalue weighted by atomic mass is 10.4. The Balaban J connectivity index is 2.15. The van der Waals surface area contributed by atoms with Crippen molar-refractivity contribution in [2.24, 2.45) is 0 Å². The third-order valence-electron chi connectivity index (χ3n) is 1.80. The highest BCUT2D eigenvalue weighted by atomic mass is 32.2. The van der Waals surface area contributed by atoms with Crippen molar-refractivity contribution in [2.45, 2.75) is 26.0 Å². The second kappa shape index (κ2) is 7.17. The number of thioether (sulfide) groups is 1. The highest BCUT2D eigenvalue weighted by Crippen LogP contribution is 2.15. The first-order valence-corrected chi connectivity index (χ1v) is 6.24.